The average molecular weight is 317 g/mol. The monoisotopic (exact) mass is 317 g/mol. The van der Waals surface area contributed by atoms with Gasteiger partial charge in [0.25, 0.3) is 0 Å². The number of rotatable bonds is 4. The number of aromatic nitrogens is 2. The Bertz CT molecular complexity index is 769. The van der Waals surface area contributed by atoms with Crippen LogP contribution in [0.3, 0.4) is 0 Å². The topological polar surface area (TPSA) is 65.3 Å². The van der Waals surface area contributed by atoms with Crippen LogP contribution in [0.4, 0.5) is 0 Å². The lowest BCUT2D eigenvalue weighted by Gasteiger charge is -2.21. The first-order valence-corrected chi connectivity index (χ1v) is 8.05. The van der Waals surface area contributed by atoms with Gasteiger partial charge in [0.1, 0.15) is 0 Å². The molecule has 1 aromatic carbocycles. The Morgan fingerprint density at radius 3 is 2.83 bits per heavy atom. The lowest BCUT2D eigenvalue weighted by atomic mass is 9.98. The first-order valence-electron chi connectivity index (χ1n) is 8.05. The maximum atomic E-state index is 12.0. The van der Waals surface area contributed by atoms with Crippen molar-refractivity contribution in [3.05, 3.63) is 34.2 Å². The number of imidazole rings is 1. The van der Waals surface area contributed by atoms with E-state index in [2.05, 4.69) is 5.32 Å². The van der Waals surface area contributed by atoms with Crippen molar-refractivity contribution in [1.82, 2.24) is 14.5 Å². The van der Waals surface area contributed by atoms with Gasteiger partial charge in [0.05, 0.1) is 11.0 Å². The Hall–Kier alpha value is -2.08. The van der Waals surface area contributed by atoms with Crippen molar-refractivity contribution in [3.63, 3.8) is 0 Å². The number of hydrogen-bond acceptors (Lipinski definition) is 3. The van der Waals surface area contributed by atoms with Gasteiger partial charge in [-0.15, -0.1) is 0 Å². The van der Waals surface area contributed by atoms with Crippen LogP contribution in [0, 0.1) is 5.92 Å². The summed E-state index contributed by atoms with van der Waals surface area (Å²) in [6, 6.07) is 5.83. The van der Waals surface area contributed by atoms with Crippen LogP contribution in [0.5, 0.6) is 0 Å². The normalized spacial score (nSPS) is 18.3. The molecule has 0 spiro atoms. The molecular weight excluding hydrogens is 294 g/mol. The van der Waals surface area contributed by atoms with Gasteiger partial charge in [-0.25, -0.2) is 4.79 Å². The molecule has 0 radical (unpaired) electrons. The molecule has 1 N–H and O–H groups in total. The molecule has 1 fully saturated rings. The highest BCUT2D eigenvalue weighted by Gasteiger charge is 2.17. The van der Waals surface area contributed by atoms with E-state index in [4.69, 9.17) is 4.74 Å². The summed E-state index contributed by atoms with van der Waals surface area (Å²) in [5.74, 6) is 0.392. The van der Waals surface area contributed by atoms with E-state index in [1.54, 1.807) is 23.2 Å². The second-order valence-electron chi connectivity index (χ2n) is 6.29. The van der Waals surface area contributed by atoms with Gasteiger partial charge in [0.15, 0.2) is 0 Å². The predicted octanol–water partition coefficient (Wildman–Crippen LogP) is 1.31. The number of benzene rings is 1. The lowest BCUT2D eigenvalue weighted by molar-refractivity contribution is -0.123. The molecule has 6 nitrogen and oxygen atoms in total. The molecule has 6 heteroatoms. The van der Waals surface area contributed by atoms with Crippen LogP contribution in [0.1, 0.15) is 24.8 Å². The first-order chi connectivity index (χ1) is 11.1. The van der Waals surface area contributed by atoms with E-state index in [1.807, 2.05) is 18.2 Å². The second-order valence-corrected chi connectivity index (χ2v) is 6.29. The summed E-state index contributed by atoms with van der Waals surface area (Å²) >= 11 is 0. The largest absolute Gasteiger partial charge is 0.381 e. The summed E-state index contributed by atoms with van der Waals surface area (Å²) in [6.07, 6.45) is 2.62. The molecule has 1 aliphatic heterocycles. The number of ether oxygens (including phenoxy) is 1. The molecular formula is C17H23N3O3. The van der Waals surface area contributed by atoms with Gasteiger partial charge < -0.3 is 10.1 Å². The lowest BCUT2D eigenvalue weighted by Crippen LogP contribution is -2.28. The van der Waals surface area contributed by atoms with Crippen molar-refractivity contribution in [2.24, 2.45) is 20.0 Å². The predicted molar refractivity (Wildman–Crippen MR) is 88.2 cm³/mol. The van der Waals surface area contributed by atoms with Crippen molar-refractivity contribution in [2.45, 2.75) is 25.8 Å². The van der Waals surface area contributed by atoms with Crippen LogP contribution >= 0.6 is 0 Å². The summed E-state index contributed by atoms with van der Waals surface area (Å²) < 4.78 is 8.66. The Morgan fingerprint density at radius 2 is 2.09 bits per heavy atom. The van der Waals surface area contributed by atoms with E-state index >= 15 is 0 Å². The third kappa shape index (κ3) is 3.32. The summed E-state index contributed by atoms with van der Waals surface area (Å²) in [5.41, 5.74) is 2.72. The minimum Gasteiger partial charge on any atom is -0.381 e. The average Bonchev–Trinajstić information content (AvgIpc) is 2.78. The van der Waals surface area contributed by atoms with Gasteiger partial charge in [-0.3, -0.25) is 13.9 Å². The van der Waals surface area contributed by atoms with Crippen molar-refractivity contribution < 1.29 is 9.53 Å². The number of hydrogen-bond donors (Lipinski definition) is 1. The maximum Gasteiger partial charge on any atom is 0.328 e. The molecule has 3 rings (SSSR count). The van der Waals surface area contributed by atoms with Crippen molar-refractivity contribution >= 4 is 16.9 Å². The Morgan fingerprint density at radius 1 is 1.30 bits per heavy atom. The maximum absolute atomic E-state index is 12.0. The van der Waals surface area contributed by atoms with Crippen LogP contribution in [-0.2, 0) is 30.2 Å². The number of aryl methyl sites for hydroxylation is 2. The summed E-state index contributed by atoms with van der Waals surface area (Å²) in [6.45, 7) is 1.98. The summed E-state index contributed by atoms with van der Waals surface area (Å²) in [5, 5.41) is 2.96. The quantitative estimate of drug-likeness (QED) is 0.925. The Balaban J connectivity index is 1.64. The van der Waals surface area contributed by atoms with E-state index < -0.39 is 0 Å². The summed E-state index contributed by atoms with van der Waals surface area (Å²) in [4.78, 5) is 24.0. The zero-order valence-corrected chi connectivity index (χ0v) is 13.7. The highest BCUT2D eigenvalue weighted by molar-refractivity contribution is 5.78. The number of carbonyl (C=O) groups is 1. The number of amides is 1. The molecule has 2 heterocycles. The minimum atomic E-state index is -0.0431. The van der Waals surface area contributed by atoms with Crippen LogP contribution in [0.2, 0.25) is 0 Å². The first kappa shape index (κ1) is 15.8. The zero-order chi connectivity index (χ0) is 16.4. The fourth-order valence-corrected chi connectivity index (χ4v) is 3.17. The molecule has 124 valence electrons. The molecule has 0 unspecified atom stereocenters. The van der Waals surface area contributed by atoms with Crippen LogP contribution in [-0.4, -0.2) is 28.3 Å². The molecule has 0 aliphatic carbocycles. The van der Waals surface area contributed by atoms with E-state index in [9.17, 15) is 9.59 Å². The highest BCUT2D eigenvalue weighted by atomic mass is 16.5. The zero-order valence-electron chi connectivity index (χ0n) is 13.7. The SMILES string of the molecule is Cn1c(=O)n(C)c2cc(CNC(=O)C[C@H]3CCCOC3)ccc21. The molecule has 1 saturated heterocycles. The Labute approximate surface area is 135 Å². The van der Waals surface area contributed by atoms with Gasteiger partial charge in [-0.05, 0) is 36.5 Å². The fraction of sp³-hybridized carbons (Fsp3) is 0.529. The van der Waals surface area contributed by atoms with Gasteiger partial charge in [0.2, 0.25) is 5.91 Å². The minimum absolute atomic E-state index is 0.0431. The van der Waals surface area contributed by atoms with Gasteiger partial charge in [-0.1, -0.05) is 6.07 Å². The second kappa shape index (κ2) is 6.58. The van der Waals surface area contributed by atoms with Gasteiger partial charge in [0, 0.05) is 40.3 Å². The third-order valence-electron chi connectivity index (χ3n) is 4.55. The number of fused-ring (bicyclic) bond motifs is 1. The van der Waals surface area contributed by atoms with Crippen LogP contribution in [0.15, 0.2) is 23.0 Å². The molecule has 2 aromatic rings. The standard InChI is InChI=1S/C17H23N3O3/c1-19-14-6-5-12(8-15(14)20(2)17(19)22)10-18-16(21)9-13-4-3-7-23-11-13/h5-6,8,13H,3-4,7,9-11H2,1-2H3,(H,18,21)/t13-/m1/s1. The smallest absolute Gasteiger partial charge is 0.328 e. The molecule has 0 saturated carbocycles. The number of nitrogens with one attached hydrogen (secondary N) is 1. The fourth-order valence-electron chi connectivity index (χ4n) is 3.17. The van der Waals surface area contributed by atoms with Crippen molar-refractivity contribution in [1.29, 1.82) is 0 Å². The van der Waals surface area contributed by atoms with E-state index in [0.29, 0.717) is 25.5 Å². The number of nitrogens with zero attached hydrogens (tertiary/aromatic N) is 2. The van der Waals surface area contributed by atoms with E-state index in [-0.39, 0.29) is 11.6 Å². The van der Waals surface area contributed by atoms with Crippen molar-refractivity contribution in [2.75, 3.05) is 13.2 Å². The number of carbonyl (C=O) groups excluding carboxylic acids is 1. The highest BCUT2D eigenvalue weighted by Crippen LogP contribution is 2.17. The molecule has 1 aliphatic rings. The Kier molecular flexibility index (Phi) is 4.52. The molecule has 23 heavy (non-hydrogen) atoms. The van der Waals surface area contributed by atoms with Crippen LogP contribution in [0.25, 0.3) is 11.0 Å². The molecule has 1 amide bonds. The molecule has 1 aromatic heterocycles. The molecule has 1 atom stereocenters. The molecule has 0 bridgehead atoms. The summed E-state index contributed by atoms with van der Waals surface area (Å²) in [7, 11) is 3.52. The van der Waals surface area contributed by atoms with Crippen molar-refractivity contribution in [3.8, 4) is 0 Å². The van der Waals surface area contributed by atoms with Crippen LogP contribution < -0.4 is 11.0 Å². The van der Waals surface area contributed by atoms with Gasteiger partial charge in [-0.2, -0.15) is 0 Å². The van der Waals surface area contributed by atoms with Gasteiger partial charge >= 0.3 is 5.69 Å². The third-order valence-corrected chi connectivity index (χ3v) is 4.55. The van der Waals surface area contributed by atoms with E-state index in [0.717, 1.165) is 36.0 Å². The van der Waals surface area contributed by atoms with E-state index in [1.165, 1.54) is 0 Å².